The molecule has 0 spiro atoms. The van der Waals surface area contributed by atoms with Gasteiger partial charge in [0.05, 0.1) is 13.2 Å². The summed E-state index contributed by atoms with van der Waals surface area (Å²) in [7, 11) is 1.71. The van der Waals surface area contributed by atoms with Crippen LogP contribution in [0.2, 0.25) is 0 Å². The number of hydrogen-bond donors (Lipinski definition) is 2. The molecular formula is C14H21NO2. The molecule has 0 radical (unpaired) electrons. The lowest BCUT2D eigenvalue weighted by atomic mass is 9.77. The van der Waals surface area contributed by atoms with E-state index in [4.69, 9.17) is 4.74 Å². The molecule has 1 saturated carbocycles. The number of methoxy groups -OCH3 is 1. The van der Waals surface area contributed by atoms with E-state index in [0.29, 0.717) is 6.61 Å². The molecule has 0 heterocycles. The van der Waals surface area contributed by atoms with Gasteiger partial charge < -0.3 is 15.2 Å². The molecule has 1 aliphatic rings. The van der Waals surface area contributed by atoms with E-state index in [1.54, 1.807) is 7.11 Å². The molecule has 0 unspecified atom stereocenters. The summed E-state index contributed by atoms with van der Waals surface area (Å²) in [6, 6.07) is 8.28. The molecule has 0 amide bonds. The highest BCUT2D eigenvalue weighted by molar-refractivity contribution is 5.26. The fourth-order valence-electron chi connectivity index (χ4n) is 2.30. The third kappa shape index (κ3) is 2.86. The van der Waals surface area contributed by atoms with Crippen LogP contribution in [0.15, 0.2) is 24.3 Å². The Bertz CT molecular complexity index is 355. The van der Waals surface area contributed by atoms with Crippen molar-refractivity contribution in [2.24, 2.45) is 0 Å². The SMILES string of the molecule is COCc1ccccc1CNC1(CO)CCC1. The fraction of sp³-hybridized carbons (Fsp3) is 0.571. The molecule has 1 aliphatic carbocycles. The standard InChI is InChI=1S/C14H21NO2/c1-17-10-13-6-3-2-5-12(13)9-15-14(11-16)7-4-8-14/h2-3,5-6,15-16H,4,7-11H2,1H3. The summed E-state index contributed by atoms with van der Waals surface area (Å²) in [6.45, 7) is 1.68. The van der Waals surface area contributed by atoms with E-state index in [9.17, 15) is 5.11 Å². The molecule has 0 saturated heterocycles. The smallest absolute Gasteiger partial charge is 0.0716 e. The highest BCUT2D eigenvalue weighted by Gasteiger charge is 2.35. The molecule has 0 bridgehead atoms. The van der Waals surface area contributed by atoms with E-state index in [-0.39, 0.29) is 12.1 Å². The highest BCUT2D eigenvalue weighted by Crippen LogP contribution is 2.31. The van der Waals surface area contributed by atoms with Gasteiger partial charge in [-0.3, -0.25) is 0 Å². The number of aliphatic hydroxyl groups is 1. The average Bonchev–Trinajstić information content (AvgIpc) is 2.31. The number of rotatable bonds is 6. The van der Waals surface area contributed by atoms with E-state index in [1.807, 2.05) is 12.1 Å². The molecule has 0 atom stereocenters. The van der Waals surface area contributed by atoms with E-state index < -0.39 is 0 Å². The minimum atomic E-state index is -0.0276. The van der Waals surface area contributed by atoms with Gasteiger partial charge in [-0.25, -0.2) is 0 Å². The van der Waals surface area contributed by atoms with Crippen molar-refractivity contribution < 1.29 is 9.84 Å². The molecule has 1 fully saturated rings. The second kappa shape index (κ2) is 5.63. The molecule has 3 nitrogen and oxygen atoms in total. The van der Waals surface area contributed by atoms with Crippen LogP contribution in [0.4, 0.5) is 0 Å². The molecule has 17 heavy (non-hydrogen) atoms. The summed E-state index contributed by atoms with van der Waals surface area (Å²) in [5, 5.41) is 12.9. The molecule has 1 aromatic rings. The average molecular weight is 235 g/mol. The number of ether oxygens (including phenoxy) is 1. The summed E-state index contributed by atoms with van der Waals surface area (Å²) < 4.78 is 5.19. The van der Waals surface area contributed by atoms with Gasteiger partial charge in [-0.15, -0.1) is 0 Å². The van der Waals surface area contributed by atoms with Crippen LogP contribution in [0, 0.1) is 0 Å². The van der Waals surface area contributed by atoms with Crippen LogP contribution in [0.1, 0.15) is 30.4 Å². The van der Waals surface area contributed by atoms with Gasteiger partial charge in [0.2, 0.25) is 0 Å². The van der Waals surface area contributed by atoms with Gasteiger partial charge >= 0.3 is 0 Å². The molecule has 2 rings (SSSR count). The molecule has 94 valence electrons. The Kier molecular flexibility index (Phi) is 4.15. The zero-order valence-corrected chi connectivity index (χ0v) is 10.4. The van der Waals surface area contributed by atoms with Gasteiger partial charge in [-0.1, -0.05) is 24.3 Å². The van der Waals surface area contributed by atoms with Crippen LogP contribution in [-0.4, -0.2) is 24.4 Å². The molecule has 1 aromatic carbocycles. The monoisotopic (exact) mass is 235 g/mol. The van der Waals surface area contributed by atoms with Crippen molar-refractivity contribution in [1.29, 1.82) is 0 Å². The molecule has 0 aromatic heterocycles. The van der Waals surface area contributed by atoms with Crippen LogP contribution in [-0.2, 0) is 17.9 Å². The lowest BCUT2D eigenvalue weighted by Gasteiger charge is -2.41. The highest BCUT2D eigenvalue weighted by atomic mass is 16.5. The maximum Gasteiger partial charge on any atom is 0.0716 e. The molecule has 0 aliphatic heterocycles. The number of hydrogen-bond acceptors (Lipinski definition) is 3. The Morgan fingerprint density at radius 2 is 2.00 bits per heavy atom. The minimum absolute atomic E-state index is 0.0276. The summed E-state index contributed by atoms with van der Waals surface area (Å²) >= 11 is 0. The maximum atomic E-state index is 9.40. The lowest BCUT2D eigenvalue weighted by Crippen LogP contribution is -2.53. The summed E-state index contributed by atoms with van der Waals surface area (Å²) in [4.78, 5) is 0. The fourth-order valence-corrected chi connectivity index (χ4v) is 2.30. The molecule has 3 heteroatoms. The number of nitrogens with one attached hydrogen (secondary N) is 1. The summed E-state index contributed by atoms with van der Waals surface area (Å²) in [5.41, 5.74) is 2.45. The Labute approximate surface area is 103 Å². The van der Waals surface area contributed by atoms with E-state index in [2.05, 4.69) is 17.4 Å². The van der Waals surface area contributed by atoms with Crippen LogP contribution in [0.25, 0.3) is 0 Å². The quantitative estimate of drug-likeness (QED) is 0.790. The van der Waals surface area contributed by atoms with Crippen LogP contribution >= 0.6 is 0 Å². The first-order valence-corrected chi connectivity index (χ1v) is 6.21. The normalized spacial score (nSPS) is 17.8. The minimum Gasteiger partial charge on any atom is -0.394 e. The van der Waals surface area contributed by atoms with Crippen LogP contribution in [0.3, 0.4) is 0 Å². The van der Waals surface area contributed by atoms with Crippen molar-refractivity contribution >= 4 is 0 Å². The van der Waals surface area contributed by atoms with Crippen molar-refractivity contribution in [3.05, 3.63) is 35.4 Å². The van der Waals surface area contributed by atoms with Gasteiger partial charge in [-0.05, 0) is 30.4 Å². The number of benzene rings is 1. The van der Waals surface area contributed by atoms with Crippen molar-refractivity contribution in [2.75, 3.05) is 13.7 Å². The molecule has 2 N–H and O–H groups in total. The van der Waals surface area contributed by atoms with E-state index in [1.165, 1.54) is 17.5 Å². The number of aliphatic hydroxyl groups excluding tert-OH is 1. The first kappa shape index (κ1) is 12.6. The van der Waals surface area contributed by atoms with Crippen LogP contribution in [0.5, 0.6) is 0 Å². The van der Waals surface area contributed by atoms with Gasteiger partial charge in [-0.2, -0.15) is 0 Å². The Hall–Kier alpha value is -0.900. The zero-order chi connectivity index (χ0) is 12.1. The van der Waals surface area contributed by atoms with Crippen molar-refractivity contribution in [2.45, 2.75) is 38.0 Å². The van der Waals surface area contributed by atoms with Gasteiger partial charge in [0.1, 0.15) is 0 Å². The van der Waals surface area contributed by atoms with Crippen molar-refractivity contribution in [3.8, 4) is 0 Å². The third-order valence-corrected chi connectivity index (χ3v) is 3.69. The van der Waals surface area contributed by atoms with Crippen molar-refractivity contribution in [3.63, 3.8) is 0 Å². The summed E-state index contributed by atoms with van der Waals surface area (Å²) in [5.74, 6) is 0. The van der Waals surface area contributed by atoms with E-state index >= 15 is 0 Å². The second-order valence-corrected chi connectivity index (χ2v) is 4.85. The Morgan fingerprint density at radius 3 is 2.53 bits per heavy atom. The topological polar surface area (TPSA) is 41.5 Å². The summed E-state index contributed by atoms with van der Waals surface area (Å²) in [6.07, 6.45) is 3.37. The largest absolute Gasteiger partial charge is 0.394 e. The first-order chi connectivity index (χ1) is 8.29. The Balaban J connectivity index is 1.98. The van der Waals surface area contributed by atoms with Gasteiger partial charge in [0.15, 0.2) is 0 Å². The third-order valence-electron chi connectivity index (χ3n) is 3.69. The predicted octanol–water partition coefficient (Wildman–Crippen LogP) is 1.84. The van der Waals surface area contributed by atoms with Gasteiger partial charge in [0.25, 0.3) is 0 Å². The van der Waals surface area contributed by atoms with Crippen molar-refractivity contribution in [1.82, 2.24) is 5.32 Å². The van der Waals surface area contributed by atoms with E-state index in [0.717, 1.165) is 19.4 Å². The molecular weight excluding hydrogens is 214 g/mol. The Morgan fingerprint density at radius 1 is 1.29 bits per heavy atom. The lowest BCUT2D eigenvalue weighted by molar-refractivity contribution is 0.0869. The predicted molar refractivity (Wildman–Crippen MR) is 67.7 cm³/mol. The maximum absolute atomic E-state index is 9.40. The first-order valence-electron chi connectivity index (χ1n) is 6.21. The second-order valence-electron chi connectivity index (χ2n) is 4.85. The van der Waals surface area contributed by atoms with Crippen LogP contribution < -0.4 is 5.32 Å². The van der Waals surface area contributed by atoms with Gasteiger partial charge in [0, 0.05) is 19.2 Å². The zero-order valence-electron chi connectivity index (χ0n) is 10.4.